The molecule has 2 heterocycles. The van der Waals surface area contributed by atoms with E-state index in [9.17, 15) is 4.79 Å². The maximum absolute atomic E-state index is 12.3. The maximum Gasteiger partial charge on any atom is 0.227 e. The van der Waals surface area contributed by atoms with Gasteiger partial charge >= 0.3 is 0 Å². The summed E-state index contributed by atoms with van der Waals surface area (Å²) in [5.74, 6) is 0.941. The van der Waals surface area contributed by atoms with E-state index < -0.39 is 0 Å². The van der Waals surface area contributed by atoms with Gasteiger partial charge in [0.1, 0.15) is 0 Å². The number of rotatable bonds is 6. The van der Waals surface area contributed by atoms with Gasteiger partial charge in [-0.3, -0.25) is 9.78 Å². The Bertz CT molecular complexity index is 762. The predicted octanol–water partition coefficient (Wildman–Crippen LogP) is 2.89. The number of allylic oxidation sites excluding steroid dienone is 2. The van der Waals surface area contributed by atoms with Crippen molar-refractivity contribution >= 4 is 23.0 Å². The number of nitrogens with zero attached hydrogens (tertiary/aromatic N) is 4. The number of carbonyl (C=O) groups excluding carboxylic acids is 1. The van der Waals surface area contributed by atoms with Crippen molar-refractivity contribution in [2.75, 3.05) is 19.4 Å². The van der Waals surface area contributed by atoms with Gasteiger partial charge in [-0.05, 0) is 43.9 Å². The zero-order valence-corrected chi connectivity index (χ0v) is 14.2. The predicted molar refractivity (Wildman–Crippen MR) is 93.6 cm³/mol. The van der Waals surface area contributed by atoms with Crippen LogP contribution in [-0.4, -0.2) is 39.7 Å². The Balaban J connectivity index is 1.99. The van der Waals surface area contributed by atoms with Crippen LogP contribution in [0.1, 0.15) is 25.5 Å². The Kier molecular flexibility index (Phi) is 4.55. The zero-order chi connectivity index (χ0) is 17.1. The maximum atomic E-state index is 12.3. The molecule has 0 unspecified atom stereocenters. The van der Waals surface area contributed by atoms with Crippen LogP contribution in [0.4, 0.5) is 11.6 Å². The minimum atomic E-state index is 0.0270. The summed E-state index contributed by atoms with van der Waals surface area (Å²) in [5.41, 5.74) is 3.26. The first-order valence-corrected chi connectivity index (χ1v) is 7.99. The van der Waals surface area contributed by atoms with Gasteiger partial charge in [0, 0.05) is 44.1 Å². The van der Waals surface area contributed by atoms with Gasteiger partial charge in [-0.1, -0.05) is 0 Å². The van der Waals surface area contributed by atoms with E-state index in [1.54, 1.807) is 31.6 Å². The van der Waals surface area contributed by atoms with Crippen LogP contribution in [0.25, 0.3) is 5.57 Å². The molecule has 1 aliphatic rings. The van der Waals surface area contributed by atoms with Crippen LogP contribution in [0, 0.1) is 5.92 Å². The van der Waals surface area contributed by atoms with Gasteiger partial charge in [0.15, 0.2) is 5.78 Å². The molecule has 0 aromatic carbocycles. The van der Waals surface area contributed by atoms with Crippen LogP contribution in [0.15, 0.2) is 42.5 Å². The molecule has 0 amide bonds. The molecule has 0 radical (unpaired) electrons. The molecule has 24 heavy (non-hydrogen) atoms. The first kappa shape index (κ1) is 16.1. The van der Waals surface area contributed by atoms with Crippen LogP contribution >= 0.6 is 0 Å². The molecular weight excluding hydrogens is 302 g/mol. The highest BCUT2D eigenvalue weighted by atomic mass is 16.1. The number of anilines is 2. The summed E-state index contributed by atoms with van der Waals surface area (Å²) in [6.07, 6.45) is 7.32. The number of hydrogen-bond donors (Lipinski definition) is 1. The van der Waals surface area contributed by atoms with E-state index >= 15 is 0 Å². The molecule has 1 fully saturated rings. The number of nitrogens with one attached hydrogen (secondary N) is 1. The molecule has 2 aromatic rings. The van der Waals surface area contributed by atoms with Crippen LogP contribution in [0.3, 0.4) is 0 Å². The van der Waals surface area contributed by atoms with Crippen molar-refractivity contribution in [3.8, 4) is 0 Å². The fraction of sp³-hybridized carbons (Fsp3) is 0.333. The monoisotopic (exact) mass is 323 g/mol. The van der Waals surface area contributed by atoms with Gasteiger partial charge in [0.2, 0.25) is 5.95 Å². The summed E-state index contributed by atoms with van der Waals surface area (Å²) in [4.78, 5) is 27.1. The summed E-state index contributed by atoms with van der Waals surface area (Å²) in [6.45, 7) is 1.60. The molecular formula is C18H21N5O. The van der Waals surface area contributed by atoms with E-state index in [0.717, 1.165) is 24.2 Å². The van der Waals surface area contributed by atoms with E-state index in [2.05, 4.69) is 20.3 Å². The summed E-state index contributed by atoms with van der Waals surface area (Å²) >= 11 is 0. The Morgan fingerprint density at radius 2 is 1.88 bits per heavy atom. The van der Waals surface area contributed by atoms with Crippen molar-refractivity contribution in [3.63, 3.8) is 0 Å². The lowest BCUT2D eigenvalue weighted by Crippen LogP contribution is -2.18. The highest BCUT2D eigenvalue weighted by Crippen LogP contribution is 2.41. The molecule has 1 N–H and O–H groups in total. The largest absolute Gasteiger partial charge is 0.380 e. The fourth-order valence-corrected chi connectivity index (χ4v) is 2.76. The second-order valence-electron chi connectivity index (χ2n) is 6.11. The van der Waals surface area contributed by atoms with Gasteiger partial charge < -0.3 is 10.2 Å². The lowest BCUT2D eigenvalue weighted by Gasteiger charge is -2.21. The highest BCUT2D eigenvalue weighted by molar-refractivity contribution is 6.20. The molecule has 3 rings (SSSR count). The van der Waals surface area contributed by atoms with Crippen LogP contribution < -0.4 is 5.32 Å². The molecule has 0 aliphatic heterocycles. The smallest absolute Gasteiger partial charge is 0.227 e. The van der Waals surface area contributed by atoms with Crippen LogP contribution in [0.5, 0.6) is 0 Å². The summed E-state index contributed by atoms with van der Waals surface area (Å²) in [7, 11) is 3.96. The Hall–Kier alpha value is -2.76. The van der Waals surface area contributed by atoms with E-state index in [0.29, 0.717) is 23.1 Å². The number of Topliss-reactive ketones (excluding diaryl/α,β-unsaturated/α-hetero) is 1. The Morgan fingerprint density at radius 3 is 2.46 bits per heavy atom. The van der Waals surface area contributed by atoms with Gasteiger partial charge in [-0.25, -0.2) is 9.97 Å². The van der Waals surface area contributed by atoms with Gasteiger partial charge in [-0.2, -0.15) is 0 Å². The number of aromatic nitrogens is 3. The van der Waals surface area contributed by atoms with Crippen molar-refractivity contribution in [1.29, 1.82) is 0 Å². The van der Waals surface area contributed by atoms with E-state index in [-0.39, 0.29) is 5.78 Å². The van der Waals surface area contributed by atoms with Crippen molar-refractivity contribution in [2.45, 2.75) is 19.8 Å². The molecule has 124 valence electrons. The average molecular weight is 323 g/mol. The fourth-order valence-electron chi connectivity index (χ4n) is 2.76. The Labute approximate surface area is 141 Å². The van der Waals surface area contributed by atoms with Crippen LogP contribution in [0.2, 0.25) is 0 Å². The third kappa shape index (κ3) is 3.59. The first-order valence-electron chi connectivity index (χ1n) is 7.99. The highest BCUT2D eigenvalue weighted by Gasteiger charge is 2.32. The second-order valence-corrected chi connectivity index (χ2v) is 6.11. The summed E-state index contributed by atoms with van der Waals surface area (Å²) in [5, 5.41) is 3.14. The molecule has 6 heteroatoms. The van der Waals surface area contributed by atoms with Crippen molar-refractivity contribution < 1.29 is 4.79 Å². The van der Waals surface area contributed by atoms with E-state index in [1.165, 1.54) is 0 Å². The third-order valence-corrected chi connectivity index (χ3v) is 3.90. The van der Waals surface area contributed by atoms with Gasteiger partial charge in [-0.15, -0.1) is 0 Å². The molecule has 0 atom stereocenters. The Morgan fingerprint density at radius 1 is 1.17 bits per heavy atom. The van der Waals surface area contributed by atoms with Gasteiger partial charge in [0.25, 0.3) is 0 Å². The van der Waals surface area contributed by atoms with Crippen molar-refractivity contribution in [1.82, 2.24) is 19.9 Å². The summed E-state index contributed by atoms with van der Waals surface area (Å²) < 4.78 is 0. The minimum Gasteiger partial charge on any atom is -0.380 e. The number of pyridine rings is 1. The van der Waals surface area contributed by atoms with Crippen LogP contribution in [-0.2, 0) is 4.79 Å². The minimum absolute atomic E-state index is 0.0270. The number of ketones is 1. The second kappa shape index (κ2) is 6.78. The van der Waals surface area contributed by atoms with Gasteiger partial charge in [0.05, 0.1) is 11.3 Å². The van der Waals surface area contributed by atoms with E-state index in [1.807, 2.05) is 31.1 Å². The lowest BCUT2D eigenvalue weighted by molar-refractivity contribution is -0.111. The number of carbonyl (C=O) groups is 1. The quantitative estimate of drug-likeness (QED) is 0.824. The topological polar surface area (TPSA) is 71.0 Å². The van der Waals surface area contributed by atoms with Crippen molar-refractivity contribution in [2.24, 2.45) is 5.92 Å². The molecule has 1 aliphatic carbocycles. The first-order chi connectivity index (χ1) is 11.6. The molecule has 2 aromatic heterocycles. The summed E-state index contributed by atoms with van der Waals surface area (Å²) in [6, 6.07) is 5.47. The lowest BCUT2D eigenvalue weighted by atomic mass is 10.0. The number of hydrogen-bond acceptors (Lipinski definition) is 6. The molecule has 0 spiro atoms. The zero-order valence-electron chi connectivity index (χ0n) is 14.2. The average Bonchev–Trinajstić information content (AvgIpc) is 3.37. The molecule has 6 nitrogen and oxygen atoms in total. The van der Waals surface area contributed by atoms with E-state index in [4.69, 9.17) is 0 Å². The SMILES string of the molecule is CC(=O)C(=C(C1CC1)N(C)C)c1ccnc(Nc2ccncc2)n1. The molecule has 1 saturated carbocycles. The molecule has 0 saturated heterocycles. The standard InChI is InChI=1S/C18H21N5O/c1-12(24)16(17(23(2)3)13-4-5-13)15-8-11-20-18(22-15)21-14-6-9-19-10-7-14/h6-11,13H,4-5H2,1-3H3,(H,19,20,21,22). The molecule has 0 bridgehead atoms. The normalized spacial score (nSPS) is 14.8. The van der Waals surface area contributed by atoms with Crippen molar-refractivity contribution in [3.05, 3.63) is 48.2 Å². The third-order valence-electron chi connectivity index (χ3n) is 3.90.